The second-order valence-corrected chi connectivity index (χ2v) is 5.96. The lowest BCUT2D eigenvalue weighted by molar-refractivity contribution is -0.129. The van der Waals surface area contributed by atoms with Gasteiger partial charge in [-0.2, -0.15) is 0 Å². The zero-order valence-electron chi connectivity index (χ0n) is 12.6. The summed E-state index contributed by atoms with van der Waals surface area (Å²) in [6.45, 7) is -0.0848. The molecule has 0 amide bonds. The molecule has 2 N–H and O–H groups in total. The lowest BCUT2D eigenvalue weighted by Crippen LogP contribution is -2.26. The van der Waals surface area contributed by atoms with E-state index in [0.29, 0.717) is 32.6 Å². The van der Waals surface area contributed by atoms with E-state index in [1.807, 2.05) is 6.07 Å². The Morgan fingerprint density at radius 2 is 1.88 bits per heavy atom. The summed E-state index contributed by atoms with van der Waals surface area (Å²) in [4.78, 5) is 20.0. The normalized spacial score (nSPS) is 14.2. The number of hydrogen-bond donors (Lipinski definition) is 2. The van der Waals surface area contributed by atoms with Gasteiger partial charge in [-0.1, -0.05) is 46.6 Å². The Bertz CT molecular complexity index is 952. The number of hydrogen-bond acceptors (Lipinski definition) is 5. The van der Waals surface area contributed by atoms with E-state index in [4.69, 9.17) is 28.4 Å². The lowest BCUT2D eigenvalue weighted by Gasteiger charge is -2.10. The number of carboxylic acids is 1. The van der Waals surface area contributed by atoms with E-state index in [1.54, 1.807) is 36.4 Å². The molecule has 6 nitrogen and oxygen atoms in total. The Hall–Kier alpha value is -2.70. The zero-order chi connectivity index (χ0) is 18.0. The summed E-state index contributed by atoms with van der Waals surface area (Å²) in [6.07, 6.45) is 0. The van der Waals surface area contributed by atoms with Crippen molar-refractivity contribution in [1.82, 2.24) is 0 Å². The fourth-order valence-electron chi connectivity index (χ4n) is 2.45. The first-order valence-electron chi connectivity index (χ1n) is 7.14. The Balaban J connectivity index is 2.22. The maximum atomic E-state index is 11.3. The number of aliphatic carboxylic acids is 1. The van der Waals surface area contributed by atoms with Crippen molar-refractivity contribution in [2.24, 2.45) is 15.1 Å². The van der Waals surface area contributed by atoms with Gasteiger partial charge in [0.2, 0.25) is 5.71 Å². The molecular weight excluding hydrogens is 365 g/mol. The Kier molecular flexibility index (Phi) is 4.83. The van der Waals surface area contributed by atoms with E-state index >= 15 is 0 Å². The molecule has 0 aromatic heterocycles. The molecule has 0 fully saturated rings. The van der Waals surface area contributed by atoms with Crippen LogP contribution in [0.15, 0.2) is 57.6 Å². The van der Waals surface area contributed by atoms with Crippen LogP contribution in [-0.2, 0) is 4.79 Å². The van der Waals surface area contributed by atoms with E-state index in [-0.39, 0.29) is 12.3 Å². The summed E-state index contributed by atoms with van der Waals surface area (Å²) in [5.74, 6) is -1.40. The molecule has 0 unspecified atom stereocenters. The minimum atomic E-state index is -1.40. The lowest BCUT2D eigenvalue weighted by atomic mass is 10.0. The molecule has 1 aliphatic heterocycles. The average Bonchev–Trinajstić information content (AvgIpc) is 2.75. The number of oxime groups is 1. The fraction of sp³-hybridized carbons (Fsp3) is 0.0588. The average molecular weight is 376 g/mol. The van der Waals surface area contributed by atoms with Crippen molar-refractivity contribution < 1.29 is 15.1 Å². The van der Waals surface area contributed by atoms with Gasteiger partial charge in [0.1, 0.15) is 0 Å². The van der Waals surface area contributed by atoms with Crippen LogP contribution in [0.25, 0.3) is 0 Å². The molecule has 0 spiro atoms. The number of aliphatic imine (C=N–C) groups is 2. The van der Waals surface area contributed by atoms with Crippen LogP contribution < -0.4 is 0 Å². The third-order valence-electron chi connectivity index (χ3n) is 3.56. The van der Waals surface area contributed by atoms with Crippen molar-refractivity contribution in [3.05, 3.63) is 63.6 Å². The van der Waals surface area contributed by atoms with Gasteiger partial charge in [0.05, 0.1) is 23.7 Å². The predicted octanol–water partition coefficient (Wildman–Crippen LogP) is 3.83. The standard InChI is InChI=1S/C17H11Cl2N3O3/c18-9-5-6-13-11(7-9)15(10-3-1-2-4-12(10)19)20-8-14(21-13)16(22-25)17(23)24/h1-7,25H,8H2,(H,23,24). The number of carboxylic acid groups (broad SMARTS) is 1. The first-order chi connectivity index (χ1) is 12.0. The summed E-state index contributed by atoms with van der Waals surface area (Å²) in [7, 11) is 0. The summed E-state index contributed by atoms with van der Waals surface area (Å²) in [5, 5.41) is 22.0. The van der Waals surface area contributed by atoms with Gasteiger partial charge >= 0.3 is 5.97 Å². The molecule has 0 bridgehead atoms. The number of benzene rings is 2. The first-order valence-corrected chi connectivity index (χ1v) is 7.89. The van der Waals surface area contributed by atoms with Gasteiger partial charge in [-0.3, -0.25) is 4.99 Å². The Morgan fingerprint density at radius 3 is 2.56 bits per heavy atom. The number of rotatable bonds is 3. The van der Waals surface area contributed by atoms with Crippen LogP contribution in [0.3, 0.4) is 0 Å². The third-order valence-corrected chi connectivity index (χ3v) is 4.13. The van der Waals surface area contributed by atoms with E-state index in [0.717, 1.165) is 0 Å². The molecule has 1 heterocycles. The summed E-state index contributed by atoms with van der Waals surface area (Å²) >= 11 is 12.4. The molecule has 0 aliphatic carbocycles. The number of nitrogens with zero attached hydrogens (tertiary/aromatic N) is 3. The van der Waals surface area contributed by atoms with Crippen LogP contribution in [0.1, 0.15) is 11.1 Å². The molecule has 0 atom stereocenters. The van der Waals surface area contributed by atoms with Crippen molar-refractivity contribution in [1.29, 1.82) is 0 Å². The maximum Gasteiger partial charge on any atom is 0.359 e. The monoisotopic (exact) mass is 375 g/mol. The molecule has 0 saturated carbocycles. The quantitative estimate of drug-likeness (QED) is 0.484. The Labute approximate surface area is 152 Å². The van der Waals surface area contributed by atoms with Gasteiger partial charge in [0.15, 0.2) is 0 Å². The molecule has 1 aliphatic rings. The molecule has 126 valence electrons. The zero-order valence-corrected chi connectivity index (χ0v) is 14.2. The summed E-state index contributed by atoms with van der Waals surface area (Å²) < 4.78 is 0. The van der Waals surface area contributed by atoms with Gasteiger partial charge in [-0.05, 0) is 24.3 Å². The van der Waals surface area contributed by atoms with Crippen LogP contribution in [-0.4, -0.2) is 40.0 Å². The van der Waals surface area contributed by atoms with Crippen LogP contribution in [0.4, 0.5) is 5.69 Å². The van der Waals surface area contributed by atoms with Gasteiger partial charge < -0.3 is 10.3 Å². The maximum absolute atomic E-state index is 11.3. The van der Waals surface area contributed by atoms with Gasteiger partial charge in [0, 0.05) is 21.2 Å². The highest BCUT2D eigenvalue weighted by Crippen LogP contribution is 2.30. The largest absolute Gasteiger partial charge is 0.476 e. The van der Waals surface area contributed by atoms with Crippen LogP contribution >= 0.6 is 23.2 Å². The number of fused-ring (bicyclic) bond motifs is 1. The van der Waals surface area contributed by atoms with E-state index < -0.39 is 11.7 Å². The second kappa shape index (κ2) is 7.04. The topological polar surface area (TPSA) is 94.6 Å². The molecule has 25 heavy (non-hydrogen) atoms. The second-order valence-electron chi connectivity index (χ2n) is 5.12. The molecular formula is C17H11Cl2N3O3. The number of carbonyl (C=O) groups is 1. The molecule has 0 radical (unpaired) electrons. The SMILES string of the molecule is O=C(O)C(=NO)C1=Nc2ccc(Cl)cc2C(c2ccccc2Cl)=NC1. The predicted molar refractivity (Wildman–Crippen MR) is 97.4 cm³/mol. The van der Waals surface area contributed by atoms with Crippen molar-refractivity contribution in [3.63, 3.8) is 0 Å². The Morgan fingerprint density at radius 1 is 1.12 bits per heavy atom. The highest BCUT2D eigenvalue weighted by Gasteiger charge is 2.23. The third kappa shape index (κ3) is 3.40. The van der Waals surface area contributed by atoms with Gasteiger partial charge in [0.25, 0.3) is 0 Å². The van der Waals surface area contributed by atoms with Gasteiger partial charge in [-0.25, -0.2) is 9.79 Å². The molecule has 2 aromatic carbocycles. The minimum absolute atomic E-state index is 0.0284. The smallest absolute Gasteiger partial charge is 0.359 e. The van der Waals surface area contributed by atoms with E-state index in [1.165, 1.54) is 0 Å². The first kappa shape index (κ1) is 17.1. The summed E-state index contributed by atoms with van der Waals surface area (Å²) in [5.41, 5.74) is 1.73. The molecule has 0 saturated heterocycles. The highest BCUT2D eigenvalue weighted by molar-refractivity contribution is 6.66. The molecule has 3 rings (SSSR count). The van der Waals surface area contributed by atoms with Gasteiger partial charge in [-0.15, -0.1) is 0 Å². The fourth-order valence-corrected chi connectivity index (χ4v) is 2.85. The number of halogens is 2. The van der Waals surface area contributed by atoms with Crippen LogP contribution in [0.2, 0.25) is 10.0 Å². The van der Waals surface area contributed by atoms with Crippen LogP contribution in [0, 0.1) is 0 Å². The van der Waals surface area contributed by atoms with Crippen LogP contribution in [0.5, 0.6) is 0 Å². The van der Waals surface area contributed by atoms with Crippen molar-refractivity contribution >= 4 is 52.0 Å². The van der Waals surface area contributed by atoms with Crippen molar-refractivity contribution in [3.8, 4) is 0 Å². The molecule has 2 aromatic rings. The molecule has 8 heteroatoms. The van der Waals surface area contributed by atoms with Crippen molar-refractivity contribution in [2.75, 3.05) is 6.54 Å². The van der Waals surface area contributed by atoms with E-state index in [9.17, 15) is 9.90 Å². The van der Waals surface area contributed by atoms with E-state index in [2.05, 4.69) is 15.1 Å². The summed E-state index contributed by atoms with van der Waals surface area (Å²) in [6, 6.07) is 12.1. The minimum Gasteiger partial charge on any atom is -0.476 e. The van der Waals surface area contributed by atoms with Crippen molar-refractivity contribution in [2.45, 2.75) is 0 Å². The highest BCUT2D eigenvalue weighted by atomic mass is 35.5.